The van der Waals surface area contributed by atoms with Gasteiger partial charge in [0.1, 0.15) is 12.6 Å². The molecule has 1 aromatic heterocycles. The maximum atomic E-state index is 12.5. The molecule has 1 heterocycles. The van der Waals surface area contributed by atoms with Gasteiger partial charge in [0, 0.05) is 18.2 Å². The van der Waals surface area contributed by atoms with Crippen LogP contribution in [0.1, 0.15) is 15.9 Å². The largest absolute Gasteiger partial charge is 0.341 e. The molecule has 0 aliphatic heterocycles. The van der Waals surface area contributed by atoms with Crippen LogP contribution in [0.2, 0.25) is 0 Å². The standard InChI is InChI=1S/C21H19N5O2/c22-10-12-23-21(28)19(25-20(27)16-6-2-1-3-7-16)14-15-5-4-8-17(13-15)18-9-11-24-26-18/h1-9,11,13,19H,12,14H2,(H,23,28)(H,24,26)(H,25,27). The average molecular weight is 373 g/mol. The highest BCUT2D eigenvalue weighted by Gasteiger charge is 2.22. The van der Waals surface area contributed by atoms with Crippen LogP contribution in [0, 0.1) is 11.3 Å². The van der Waals surface area contributed by atoms with E-state index in [1.54, 1.807) is 30.5 Å². The first-order valence-corrected chi connectivity index (χ1v) is 8.76. The Morgan fingerprint density at radius 3 is 2.64 bits per heavy atom. The second-order valence-electron chi connectivity index (χ2n) is 6.14. The molecule has 0 spiro atoms. The maximum absolute atomic E-state index is 12.5. The maximum Gasteiger partial charge on any atom is 0.251 e. The second-order valence-corrected chi connectivity index (χ2v) is 6.14. The summed E-state index contributed by atoms with van der Waals surface area (Å²) in [5.74, 6) is -0.750. The number of carbonyl (C=O) groups is 2. The number of benzene rings is 2. The summed E-state index contributed by atoms with van der Waals surface area (Å²) in [7, 11) is 0. The van der Waals surface area contributed by atoms with E-state index in [1.807, 2.05) is 42.5 Å². The zero-order valence-corrected chi connectivity index (χ0v) is 15.1. The molecule has 140 valence electrons. The van der Waals surface area contributed by atoms with Crippen LogP contribution in [0.25, 0.3) is 11.3 Å². The molecule has 3 aromatic rings. The first-order chi connectivity index (χ1) is 13.7. The number of aromatic amines is 1. The smallest absolute Gasteiger partial charge is 0.251 e. The van der Waals surface area contributed by atoms with E-state index in [0.717, 1.165) is 16.8 Å². The van der Waals surface area contributed by atoms with Crippen molar-refractivity contribution in [1.82, 2.24) is 20.8 Å². The Morgan fingerprint density at radius 2 is 1.93 bits per heavy atom. The van der Waals surface area contributed by atoms with E-state index < -0.39 is 11.9 Å². The van der Waals surface area contributed by atoms with Crippen molar-refractivity contribution in [1.29, 1.82) is 5.26 Å². The van der Waals surface area contributed by atoms with Crippen molar-refractivity contribution >= 4 is 11.8 Å². The quantitative estimate of drug-likeness (QED) is 0.551. The molecule has 0 aliphatic carbocycles. The highest BCUT2D eigenvalue weighted by molar-refractivity contribution is 5.97. The van der Waals surface area contributed by atoms with E-state index in [9.17, 15) is 9.59 Å². The summed E-state index contributed by atoms with van der Waals surface area (Å²) in [5.41, 5.74) is 3.13. The van der Waals surface area contributed by atoms with Crippen LogP contribution >= 0.6 is 0 Å². The van der Waals surface area contributed by atoms with Gasteiger partial charge in [0.15, 0.2) is 0 Å². The van der Waals surface area contributed by atoms with Crippen molar-refractivity contribution in [2.75, 3.05) is 6.54 Å². The van der Waals surface area contributed by atoms with Crippen LogP contribution in [0.3, 0.4) is 0 Å². The van der Waals surface area contributed by atoms with Gasteiger partial charge >= 0.3 is 0 Å². The molecule has 1 atom stereocenters. The molecule has 3 rings (SSSR count). The van der Waals surface area contributed by atoms with E-state index in [0.29, 0.717) is 5.56 Å². The number of hydrogen-bond donors (Lipinski definition) is 3. The average Bonchev–Trinajstić information content (AvgIpc) is 3.27. The summed E-state index contributed by atoms with van der Waals surface area (Å²) in [4.78, 5) is 25.0. The summed E-state index contributed by atoms with van der Waals surface area (Å²) >= 11 is 0. The van der Waals surface area contributed by atoms with Crippen LogP contribution < -0.4 is 10.6 Å². The fourth-order valence-corrected chi connectivity index (χ4v) is 2.81. The number of amides is 2. The lowest BCUT2D eigenvalue weighted by Crippen LogP contribution is -2.48. The van der Waals surface area contributed by atoms with Crippen molar-refractivity contribution in [3.8, 4) is 17.3 Å². The van der Waals surface area contributed by atoms with Crippen LogP contribution in [0.4, 0.5) is 0 Å². The summed E-state index contributed by atoms with van der Waals surface area (Å²) in [6, 6.07) is 19.3. The Bertz CT molecular complexity index is 978. The molecule has 0 saturated heterocycles. The molecular weight excluding hydrogens is 354 g/mol. The van der Waals surface area contributed by atoms with E-state index in [2.05, 4.69) is 20.8 Å². The third-order valence-corrected chi connectivity index (χ3v) is 4.18. The zero-order chi connectivity index (χ0) is 19.8. The summed E-state index contributed by atoms with van der Waals surface area (Å²) in [6.45, 7) is -0.120. The van der Waals surface area contributed by atoms with Gasteiger partial charge in [-0.05, 0) is 35.4 Å². The van der Waals surface area contributed by atoms with Gasteiger partial charge in [0.05, 0.1) is 11.8 Å². The van der Waals surface area contributed by atoms with Crippen molar-refractivity contribution in [2.45, 2.75) is 12.5 Å². The van der Waals surface area contributed by atoms with Crippen molar-refractivity contribution < 1.29 is 9.59 Å². The van der Waals surface area contributed by atoms with Crippen molar-refractivity contribution in [3.05, 3.63) is 78.0 Å². The molecule has 0 radical (unpaired) electrons. The van der Waals surface area contributed by atoms with Crippen LogP contribution in [0.5, 0.6) is 0 Å². The van der Waals surface area contributed by atoms with Crippen molar-refractivity contribution in [3.63, 3.8) is 0 Å². The predicted octanol–water partition coefficient (Wildman–Crippen LogP) is 2.06. The lowest BCUT2D eigenvalue weighted by molar-refractivity contribution is -0.122. The molecule has 7 nitrogen and oxygen atoms in total. The van der Waals surface area contributed by atoms with E-state index >= 15 is 0 Å². The molecule has 28 heavy (non-hydrogen) atoms. The Kier molecular flexibility index (Phi) is 6.16. The number of nitrogens with one attached hydrogen (secondary N) is 3. The molecule has 2 aromatic carbocycles. The Labute approximate surface area is 162 Å². The van der Waals surface area contributed by atoms with Gasteiger partial charge in [-0.1, -0.05) is 36.4 Å². The first kappa shape index (κ1) is 18.9. The third kappa shape index (κ3) is 4.83. The molecule has 2 amide bonds. The molecule has 0 saturated carbocycles. The molecule has 1 unspecified atom stereocenters. The fraction of sp³-hybridized carbons (Fsp3) is 0.143. The lowest BCUT2D eigenvalue weighted by atomic mass is 10.0. The van der Waals surface area contributed by atoms with Gasteiger partial charge in [-0.3, -0.25) is 14.7 Å². The monoisotopic (exact) mass is 373 g/mol. The van der Waals surface area contributed by atoms with Gasteiger partial charge < -0.3 is 10.6 Å². The normalized spacial score (nSPS) is 11.2. The number of aromatic nitrogens is 2. The molecule has 0 bridgehead atoms. The summed E-state index contributed by atoms with van der Waals surface area (Å²) < 4.78 is 0. The number of rotatable bonds is 7. The lowest BCUT2D eigenvalue weighted by Gasteiger charge is -2.18. The van der Waals surface area contributed by atoms with E-state index in [-0.39, 0.29) is 18.9 Å². The van der Waals surface area contributed by atoms with Gasteiger partial charge in [0.25, 0.3) is 5.91 Å². The Hall–Kier alpha value is -3.92. The zero-order valence-electron chi connectivity index (χ0n) is 15.1. The van der Waals surface area contributed by atoms with Crippen LogP contribution in [-0.2, 0) is 11.2 Å². The minimum atomic E-state index is -0.807. The van der Waals surface area contributed by atoms with Gasteiger partial charge in [-0.2, -0.15) is 10.4 Å². The molecule has 0 fully saturated rings. The Morgan fingerprint density at radius 1 is 1.11 bits per heavy atom. The molecular formula is C21H19N5O2. The molecule has 7 heteroatoms. The van der Waals surface area contributed by atoms with Gasteiger partial charge in [-0.25, -0.2) is 0 Å². The fourth-order valence-electron chi connectivity index (χ4n) is 2.81. The predicted molar refractivity (Wildman–Crippen MR) is 104 cm³/mol. The SMILES string of the molecule is N#CCNC(=O)C(Cc1cccc(-c2ccn[nH]2)c1)NC(=O)c1ccccc1. The van der Waals surface area contributed by atoms with Gasteiger partial charge in [0.2, 0.25) is 5.91 Å². The highest BCUT2D eigenvalue weighted by atomic mass is 16.2. The Balaban J connectivity index is 1.79. The number of hydrogen-bond acceptors (Lipinski definition) is 4. The summed E-state index contributed by atoms with van der Waals surface area (Å²) in [5, 5.41) is 20.9. The number of nitrogens with zero attached hydrogens (tertiary/aromatic N) is 2. The van der Waals surface area contributed by atoms with E-state index in [1.165, 1.54) is 0 Å². The molecule has 3 N–H and O–H groups in total. The van der Waals surface area contributed by atoms with Crippen LogP contribution in [-0.4, -0.2) is 34.6 Å². The molecule has 0 aliphatic rings. The topological polar surface area (TPSA) is 111 Å². The van der Waals surface area contributed by atoms with Gasteiger partial charge in [-0.15, -0.1) is 0 Å². The van der Waals surface area contributed by atoms with E-state index in [4.69, 9.17) is 5.26 Å². The minimum Gasteiger partial charge on any atom is -0.341 e. The number of nitriles is 1. The third-order valence-electron chi connectivity index (χ3n) is 4.18. The second kappa shape index (κ2) is 9.14. The minimum absolute atomic E-state index is 0.120. The summed E-state index contributed by atoms with van der Waals surface area (Å²) in [6.07, 6.45) is 1.96. The first-order valence-electron chi connectivity index (χ1n) is 8.76. The van der Waals surface area contributed by atoms with Crippen LogP contribution in [0.15, 0.2) is 66.9 Å². The van der Waals surface area contributed by atoms with Crippen molar-refractivity contribution in [2.24, 2.45) is 0 Å². The number of H-pyrrole nitrogens is 1. The highest BCUT2D eigenvalue weighted by Crippen LogP contribution is 2.18. The number of carbonyl (C=O) groups excluding carboxylic acids is 2.